The first kappa shape index (κ1) is 17.5. The van der Waals surface area contributed by atoms with Gasteiger partial charge in [0.05, 0.1) is 12.8 Å². The topological polar surface area (TPSA) is 76.4 Å². The van der Waals surface area contributed by atoms with Gasteiger partial charge in [0.2, 0.25) is 0 Å². The SMILES string of the molecule is COc1cc(CNC(=O)O)c(-c2ccn(C)n2)cc1-c1ccc(F)cc1. The number of amides is 1. The Morgan fingerprint density at radius 2 is 1.96 bits per heavy atom. The number of carbonyl (C=O) groups is 1. The van der Waals surface area contributed by atoms with E-state index < -0.39 is 6.09 Å². The summed E-state index contributed by atoms with van der Waals surface area (Å²) in [6.45, 7) is 0.112. The molecule has 1 amide bonds. The lowest BCUT2D eigenvalue weighted by Crippen LogP contribution is -2.20. The number of hydrogen-bond acceptors (Lipinski definition) is 3. The molecule has 0 aliphatic carbocycles. The van der Waals surface area contributed by atoms with Crippen molar-refractivity contribution in [2.75, 3.05) is 7.11 Å². The number of halogens is 1. The fourth-order valence-electron chi connectivity index (χ4n) is 2.76. The highest BCUT2D eigenvalue weighted by Crippen LogP contribution is 2.36. The van der Waals surface area contributed by atoms with Crippen molar-refractivity contribution in [1.82, 2.24) is 15.1 Å². The lowest BCUT2D eigenvalue weighted by Gasteiger charge is -2.15. The molecular formula is C19H18FN3O3. The lowest BCUT2D eigenvalue weighted by molar-refractivity contribution is 0.194. The number of benzene rings is 2. The van der Waals surface area contributed by atoms with Gasteiger partial charge in [-0.25, -0.2) is 9.18 Å². The van der Waals surface area contributed by atoms with E-state index in [2.05, 4.69) is 10.4 Å². The van der Waals surface area contributed by atoms with E-state index in [0.717, 1.165) is 22.3 Å². The molecule has 7 heteroatoms. The molecule has 26 heavy (non-hydrogen) atoms. The molecule has 0 spiro atoms. The van der Waals surface area contributed by atoms with Gasteiger partial charge in [0.15, 0.2) is 0 Å². The molecule has 3 rings (SSSR count). The third-order valence-electron chi connectivity index (χ3n) is 4.00. The molecular weight excluding hydrogens is 337 g/mol. The van der Waals surface area contributed by atoms with Crippen LogP contribution in [0.5, 0.6) is 5.75 Å². The molecule has 0 aliphatic heterocycles. The van der Waals surface area contributed by atoms with Crippen molar-refractivity contribution < 1.29 is 19.0 Å². The van der Waals surface area contributed by atoms with E-state index in [-0.39, 0.29) is 12.4 Å². The first-order valence-corrected chi connectivity index (χ1v) is 7.91. The predicted octanol–water partition coefficient (Wildman–Crippen LogP) is 3.67. The molecule has 0 unspecified atom stereocenters. The second-order valence-corrected chi connectivity index (χ2v) is 5.75. The van der Waals surface area contributed by atoms with E-state index >= 15 is 0 Å². The number of hydrogen-bond donors (Lipinski definition) is 2. The van der Waals surface area contributed by atoms with Gasteiger partial charge in [-0.15, -0.1) is 0 Å². The highest BCUT2D eigenvalue weighted by molar-refractivity contribution is 5.79. The van der Waals surface area contributed by atoms with Crippen LogP contribution in [0.1, 0.15) is 5.56 Å². The number of nitrogens with zero attached hydrogens (tertiary/aromatic N) is 2. The van der Waals surface area contributed by atoms with E-state index in [4.69, 9.17) is 9.84 Å². The first-order chi connectivity index (χ1) is 12.5. The van der Waals surface area contributed by atoms with Crippen molar-refractivity contribution in [3.63, 3.8) is 0 Å². The second kappa shape index (κ2) is 7.26. The van der Waals surface area contributed by atoms with Gasteiger partial charge in [-0.1, -0.05) is 12.1 Å². The fraction of sp³-hybridized carbons (Fsp3) is 0.158. The largest absolute Gasteiger partial charge is 0.496 e. The molecule has 2 N–H and O–H groups in total. The maximum Gasteiger partial charge on any atom is 0.404 e. The monoisotopic (exact) mass is 355 g/mol. The average Bonchev–Trinajstić information content (AvgIpc) is 3.06. The second-order valence-electron chi connectivity index (χ2n) is 5.75. The summed E-state index contributed by atoms with van der Waals surface area (Å²) in [4.78, 5) is 10.9. The smallest absolute Gasteiger partial charge is 0.404 e. The number of carboxylic acid groups (broad SMARTS) is 1. The van der Waals surface area contributed by atoms with Crippen molar-refractivity contribution in [3.8, 4) is 28.1 Å². The number of nitrogens with one attached hydrogen (secondary N) is 1. The summed E-state index contributed by atoms with van der Waals surface area (Å²) < 4.78 is 20.4. The average molecular weight is 355 g/mol. The van der Waals surface area contributed by atoms with E-state index in [1.807, 2.05) is 25.4 Å². The van der Waals surface area contributed by atoms with Crippen LogP contribution in [0.15, 0.2) is 48.7 Å². The third-order valence-corrected chi connectivity index (χ3v) is 4.00. The van der Waals surface area contributed by atoms with Crippen LogP contribution in [-0.2, 0) is 13.6 Å². The van der Waals surface area contributed by atoms with Gasteiger partial charge in [-0.05, 0) is 41.5 Å². The summed E-state index contributed by atoms with van der Waals surface area (Å²) in [5, 5.41) is 15.7. The summed E-state index contributed by atoms with van der Waals surface area (Å²) in [5.41, 5.74) is 3.78. The molecule has 1 aromatic heterocycles. The highest BCUT2D eigenvalue weighted by Gasteiger charge is 2.16. The zero-order valence-corrected chi connectivity index (χ0v) is 14.4. The van der Waals surface area contributed by atoms with Crippen molar-refractivity contribution in [2.24, 2.45) is 7.05 Å². The number of rotatable bonds is 5. The van der Waals surface area contributed by atoms with Crippen molar-refractivity contribution in [3.05, 3.63) is 60.0 Å². The molecule has 134 valence electrons. The van der Waals surface area contributed by atoms with Crippen LogP contribution >= 0.6 is 0 Å². The molecule has 0 fully saturated rings. The molecule has 1 heterocycles. The van der Waals surface area contributed by atoms with Crippen LogP contribution in [0, 0.1) is 5.82 Å². The van der Waals surface area contributed by atoms with Crippen molar-refractivity contribution in [2.45, 2.75) is 6.54 Å². The van der Waals surface area contributed by atoms with Crippen LogP contribution in [0.2, 0.25) is 0 Å². The minimum Gasteiger partial charge on any atom is -0.496 e. The Hall–Kier alpha value is -3.35. The van der Waals surface area contributed by atoms with Gasteiger partial charge >= 0.3 is 6.09 Å². The van der Waals surface area contributed by atoms with Crippen LogP contribution in [-0.4, -0.2) is 28.1 Å². The van der Waals surface area contributed by atoms with E-state index in [0.29, 0.717) is 11.4 Å². The van der Waals surface area contributed by atoms with Crippen LogP contribution in [0.4, 0.5) is 9.18 Å². The molecule has 0 bridgehead atoms. The van der Waals surface area contributed by atoms with Crippen LogP contribution in [0.3, 0.4) is 0 Å². The Bertz CT molecular complexity index is 936. The molecule has 0 saturated heterocycles. The number of aromatic nitrogens is 2. The lowest BCUT2D eigenvalue weighted by atomic mass is 9.96. The Labute approximate surface area is 149 Å². The standard InChI is InChI=1S/C19H18FN3O3/c1-23-8-7-17(22-23)15-10-16(12-3-5-14(20)6-4-12)18(26-2)9-13(15)11-21-19(24)25/h3-10,21H,11H2,1-2H3,(H,24,25). The molecule has 2 aromatic carbocycles. The van der Waals surface area contributed by atoms with Gasteiger partial charge in [-0.3, -0.25) is 4.68 Å². The zero-order chi connectivity index (χ0) is 18.7. The Kier molecular flexibility index (Phi) is 4.88. The zero-order valence-electron chi connectivity index (χ0n) is 14.4. The number of ether oxygens (including phenoxy) is 1. The maximum atomic E-state index is 13.3. The first-order valence-electron chi connectivity index (χ1n) is 7.91. The Morgan fingerprint density at radius 3 is 2.54 bits per heavy atom. The molecule has 0 saturated carbocycles. The predicted molar refractivity (Wildman–Crippen MR) is 95.5 cm³/mol. The van der Waals surface area contributed by atoms with Crippen molar-refractivity contribution in [1.29, 1.82) is 0 Å². The molecule has 0 aliphatic rings. The van der Waals surface area contributed by atoms with E-state index in [9.17, 15) is 9.18 Å². The summed E-state index contributed by atoms with van der Waals surface area (Å²) in [6, 6.07) is 11.6. The van der Waals surface area contributed by atoms with Gasteiger partial charge < -0.3 is 15.2 Å². The normalized spacial score (nSPS) is 10.6. The minimum atomic E-state index is -1.11. The highest BCUT2D eigenvalue weighted by atomic mass is 19.1. The van der Waals surface area contributed by atoms with Crippen molar-refractivity contribution >= 4 is 6.09 Å². The summed E-state index contributed by atoms with van der Waals surface area (Å²) >= 11 is 0. The van der Waals surface area contributed by atoms with E-state index in [1.165, 1.54) is 19.2 Å². The Morgan fingerprint density at radius 1 is 1.23 bits per heavy atom. The third kappa shape index (κ3) is 3.66. The minimum absolute atomic E-state index is 0.112. The summed E-state index contributed by atoms with van der Waals surface area (Å²) in [5.74, 6) is 0.249. The quantitative estimate of drug-likeness (QED) is 0.732. The van der Waals surface area contributed by atoms with Gasteiger partial charge in [-0.2, -0.15) is 5.10 Å². The fourth-order valence-corrected chi connectivity index (χ4v) is 2.76. The summed E-state index contributed by atoms with van der Waals surface area (Å²) in [6.07, 6.45) is 0.699. The molecule has 0 radical (unpaired) electrons. The van der Waals surface area contributed by atoms with Gasteiger partial charge in [0, 0.05) is 30.9 Å². The number of methoxy groups -OCH3 is 1. The van der Waals surface area contributed by atoms with Crippen LogP contribution < -0.4 is 10.1 Å². The molecule has 0 atom stereocenters. The molecule has 6 nitrogen and oxygen atoms in total. The van der Waals surface area contributed by atoms with Gasteiger partial charge in [0.1, 0.15) is 11.6 Å². The summed E-state index contributed by atoms with van der Waals surface area (Å²) in [7, 11) is 3.35. The molecule has 3 aromatic rings. The van der Waals surface area contributed by atoms with E-state index in [1.54, 1.807) is 22.9 Å². The maximum absolute atomic E-state index is 13.3. The van der Waals surface area contributed by atoms with Crippen LogP contribution in [0.25, 0.3) is 22.4 Å². The Balaban J connectivity index is 2.16. The van der Waals surface area contributed by atoms with Gasteiger partial charge in [0.25, 0.3) is 0 Å². The number of aryl methyl sites for hydroxylation is 1.